The van der Waals surface area contributed by atoms with Crippen LogP contribution in [0.25, 0.3) is 5.57 Å². The quantitative estimate of drug-likeness (QED) is 0.134. The van der Waals surface area contributed by atoms with Gasteiger partial charge < -0.3 is 53.6 Å². The van der Waals surface area contributed by atoms with Crippen LogP contribution in [0.2, 0.25) is 0 Å². The molecule has 0 spiro atoms. The lowest BCUT2D eigenvalue weighted by Gasteiger charge is -2.32. The molecule has 0 aromatic carbocycles. The molecule has 2 N–H and O–H groups in total. The van der Waals surface area contributed by atoms with E-state index in [4.69, 9.17) is 39.0 Å². The lowest BCUT2D eigenvalue weighted by molar-refractivity contribution is 0.00578. The SMILES string of the molecule is CC1(C)OB(C2=CCOCC2)OC1(C)C.CN(C)Cc1nc(N)ccc1C1CCOCC1.Cc1ccc(Br)c(CN(C)C)n1.Cc1ccc(C2=CCOCC2)c(CN(C)C)n1.Cc1ccc(C2CCOCC2)c(CN(C)C)n1. The molecular weight excluding hydrogens is 1050 g/mol. The van der Waals surface area contributed by atoms with Gasteiger partial charge in [-0.2, -0.15) is 0 Å². The van der Waals surface area contributed by atoms with E-state index < -0.39 is 0 Å². The summed E-state index contributed by atoms with van der Waals surface area (Å²) in [6, 6.07) is 16.8. The Balaban J connectivity index is 0.000000181. The van der Waals surface area contributed by atoms with E-state index in [0.717, 1.165) is 144 Å². The van der Waals surface area contributed by atoms with Gasteiger partial charge in [0.15, 0.2) is 0 Å². The predicted molar refractivity (Wildman–Crippen MR) is 321 cm³/mol. The van der Waals surface area contributed by atoms with E-state index in [-0.39, 0.29) is 18.3 Å². The highest BCUT2D eigenvalue weighted by Gasteiger charge is 2.52. The Kier molecular flexibility index (Phi) is 26.5. The summed E-state index contributed by atoms with van der Waals surface area (Å²) in [4.78, 5) is 26.9. The first-order valence-electron chi connectivity index (χ1n) is 28.0. The molecule has 3 fully saturated rings. The molecule has 17 heteroatoms. The molecule has 9 heterocycles. The fourth-order valence-corrected chi connectivity index (χ4v) is 9.96. The van der Waals surface area contributed by atoms with Gasteiger partial charge in [0, 0.05) is 79.7 Å². The van der Waals surface area contributed by atoms with E-state index in [2.05, 4.69) is 170 Å². The van der Waals surface area contributed by atoms with Gasteiger partial charge in [0.05, 0.1) is 60.4 Å². The van der Waals surface area contributed by atoms with Crippen LogP contribution in [0.3, 0.4) is 0 Å². The molecule has 9 rings (SSSR count). The van der Waals surface area contributed by atoms with Crippen molar-refractivity contribution in [2.75, 3.05) is 115 Å². The van der Waals surface area contributed by atoms with Crippen LogP contribution in [-0.2, 0) is 54.4 Å². The summed E-state index contributed by atoms with van der Waals surface area (Å²) in [7, 11) is 16.3. The number of aromatic nitrogens is 4. The fourth-order valence-electron chi connectivity index (χ4n) is 9.61. The number of hydrogen-bond donors (Lipinski definition) is 1. The number of nitrogen functional groups attached to an aromatic ring is 1. The minimum atomic E-state index is -0.239. The van der Waals surface area contributed by atoms with Gasteiger partial charge in [-0.05, 0) is 224 Å². The van der Waals surface area contributed by atoms with Crippen LogP contribution in [0.5, 0.6) is 0 Å². The van der Waals surface area contributed by atoms with Crippen molar-refractivity contribution in [3.63, 3.8) is 0 Å². The summed E-state index contributed by atoms with van der Waals surface area (Å²) >= 11 is 3.47. The Bertz CT molecular complexity index is 2440. The van der Waals surface area contributed by atoms with Crippen molar-refractivity contribution in [1.29, 1.82) is 0 Å². The summed E-state index contributed by atoms with van der Waals surface area (Å²) in [5, 5.41) is 0. The molecule has 0 amide bonds. The molecule has 0 atom stereocenters. The molecule has 5 aliphatic rings. The van der Waals surface area contributed by atoms with Crippen LogP contribution in [0, 0.1) is 20.8 Å². The topological polar surface area (TPSA) is 146 Å². The standard InChI is InChI=1S/C14H22N2O.C14H20N2O.C13H21N3O.C11H19BO3.C9H13BrN2/c2*1-11-4-5-13(12-6-8-17-9-7-12)14(15-11)10-16(2)3;1-16(2)9-12-11(3-4-13(14)15-12)10-5-7-17-8-6-10;1-10(2)11(3,4)15-12(14-10)9-5-7-13-8-6-9;1-7-4-5-8(10)9(11-7)6-12(2)3/h4-5,12H,6-10H2,1-3H3;4-6H,7-10H2,1-3H3;3-4,10H,5-9H2,1-2H3,(H2,14,15);5H,6-8H2,1-4H3;4-5H,6H2,1-3H3. The molecule has 0 saturated carbocycles. The van der Waals surface area contributed by atoms with Gasteiger partial charge >= 0.3 is 7.12 Å². The third kappa shape index (κ3) is 21.2. The highest BCUT2D eigenvalue weighted by Crippen LogP contribution is 2.39. The maximum atomic E-state index is 5.96. The Morgan fingerprint density at radius 3 is 1.42 bits per heavy atom. The Morgan fingerprint density at radius 2 is 0.936 bits per heavy atom. The minimum Gasteiger partial charge on any atom is -0.400 e. The van der Waals surface area contributed by atoms with Gasteiger partial charge in [-0.3, -0.25) is 15.0 Å². The van der Waals surface area contributed by atoms with Crippen molar-refractivity contribution in [3.8, 4) is 0 Å². The summed E-state index contributed by atoms with van der Waals surface area (Å²) in [6.07, 6.45) is 10.6. The minimum absolute atomic E-state index is 0.182. The molecule has 0 aliphatic carbocycles. The number of halogens is 1. The zero-order chi connectivity index (χ0) is 57.0. The van der Waals surface area contributed by atoms with Crippen molar-refractivity contribution < 1.29 is 28.3 Å². The first-order chi connectivity index (χ1) is 37.0. The molecule has 430 valence electrons. The molecule has 15 nitrogen and oxygen atoms in total. The summed E-state index contributed by atoms with van der Waals surface area (Å²) in [5.74, 6) is 1.82. The maximum Gasteiger partial charge on any atom is 0.490 e. The normalized spacial score (nSPS) is 18.4. The second kappa shape index (κ2) is 31.9. The van der Waals surface area contributed by atoms with Gasteiger partial charge in [-0.25, -0.2) is 4.98 Å². The van der Waals surface area contributed by atoms with E-state index in [0.29, 0.717) is 24.3 Å². The molecule has 4 aromatic rings. The van der Waals surface area contributed by atoms with E-state index >= 15 is 0 Å². The van der Waals surface area contributed by atoms with Gasteiger partial charge in [0.1, 0.15) is 5.82 Å². The van der Waals surface area contributed by atoms with Crippen LogP contribution in [0.4, 0.5) is 5.82 Å². The summed E-state index contributed by atoms with van der Waals surface area (Å²) < 4.78 is 34.5. The number of anilines is 1. The van der Waals surface area contributed by atoms with Gasteiger partial charge in [0.2, 0.25) is 0 Å². The Morgan fingerprint density at radius 1 is 0.513 bits per heavy atom. The lowest BCUT2D eigenvalue weighted by atomic mass is 9.75. The van der Waals surface area contributed by atoms with E-state index in [1.165, 1.54) is 39.1 Å². The maximum absolute atomic E-state index is 5.96. The second-order valence-corrected chi connectivity index (χ2v) is 23.9. The molecule has 0 bridgehead atoms. The zero-order valence-corrected chi connectivity index (χ0v) is 51.8. The molecule has 5 aliphatic heterocycles. The summed E-state index contributed by atoms with van der Waals surface area (Å²) in [5.41, 5.74) is 19.8. The van der Waals surface area contributed by atoms with Gasteiger partial charge in [-0.15, -0.1) is 0 Å². The van der Waals surface area contributed by atoms with Crippen LogP contribution in [0.1, 0.15) is 135 Å². The molecule has 4 aromatic heterocycles. The number of aryl methyl sites for hydroxylation is 3. The van der Waals surface area contributed by atoms with Gasteiger partial charge in [-0.1, -0.05) is 30.4 Å². The Hall–Kier alpha value is -3.98. The number of nitrogens with two attached hydrogens (primary N) is 1. The third-order valence-corrected chi connectivity index (χ3v) is 15.1. The van der Waals surface area contributed by atoms with Crippen molar-refractivity contribution in [3.05, 3.63) is 127 Å². The molecule has 0 radical (unpaired) electrons. The van der Waals surface area contributed by atoms with Crippen LogP contribution in [0.15, 0.2) is 70.6 Å². The monoisotopic (exact) mass is 1140 g/mol. The Labute approximate surface area is 478 Å². The number of pyridine rings is 4. The smallest absolute Gasteiger partial charge is 0.400 e. The van der Waals surface area contributed by atoms with Gasteiger partial charge in [0.25, 0.3) is 0 Å². The molecule has 78 heavy (non-hydrogen) atoms. The zero-order valence-electron chi connectivity index (χ0n) is 50.2. The number of ether oxygens (including phenoxy) is 4. The number of hydrogen-bond acceptors (Lipinski definition) is 15. The summed E-state index contributed by atoms with van der Waals surface area (Å²) in [6.45, 7) is 24.4. The average Bonchev–Trinajstić information content (AvgIpc) is 3.63. The predicted octanol–water partition coefficient (Wildman–Crippen LogP) is 10.4. The molecule has 3 saturated heterocycles. The van der Waals surface area contributed by atoms with E-state index in [1.54, 1.807) is 0 Å². The van der Waals surface area contributed by atoms with E-state index in [1.807, 2.05) is 46.1 Å². The van der Waals surface area contributed by atoms with Crippen LogP contribution >= 0.6 is 15.9 Å². The first kappa shape index (κ1) is 64.8. The highest BCUT2D eigenvalue weighted by molar-refractivity contribution is 9.10. The van der Waals surface area contributed by atoms with Crippen molar-refractivity contribution >= 4 is 34.4 Å². The third-order valence-electron chi connectivity index (χ3n) is 14.4. The van der Waals surface area contributed by atoms with Crippen molar-refractivity contribution in [1.82, 2.24) is 39.5 Å². The van der Waals surface area contributed by atoms with E-state index in [9.17, 15) is 0 Å². The van der Waals surface area contributed by atoms with Crippen LogP contribution < -0.4 is 5.73 Å². The van der Waals surface area contributed by atoms with Crippen LogP contribution in [-0.4, -0.2) is 167 Å². The number of rotatable bonds is 12. The second-order valence-electron chi connectivity index (χ2n) is 23.1. The average molecular weight is 1140 g/mol. The fraction of sp³-hybridized carbons (Fsp3) is 0.607. The van der Waals surface area contributed by atoms with Crippen molar-refractivity contribution in [2.45, 2.75) is 136 Å². The highest BCUT2D eigenvalue weighted by atomic mass is 79.9. The lowest BCUT2D eigenvalue weighted by Crippen LogP contribution is -2.41. The largest absolute Gasteiger partial charge is 0.490 e. The molecule has 0 unspecified atom stereocenters. The van der Waals surface area contributed by atoms with Crippen molar-refractivity contribution in [2.24, 2.45) is 0 Å². The number of nitrogens with zero attached hydrogens (tertiary/aromatic N) is 8. The first-order valence-corrected chi connectivity index (χ1v) is 28.7. The molecular formula is C61H95BBrN9O6.